The number of benzene rings is 1. The van der Waals surface area contributed by atoms with Crippen molar-refractivity contribution in [1.29, 1.82) is 0 Å². The highest BCUT2D eigenvalue weighted by atomic mass is 32.2. The molecule has 1 unspecified atom stereocenters. The minimum atomic E-state index is -4.75. The van der Waals surface area contributed by atoms with Gasteiger partial charge in [0.2, 0.25) is 10.0 Å². The first kappa shape index (κ1) is 31.2. The quantitative estimate of drug-likeness (QED) is 0.388. The lowest BCUT2D eigenvalue weighted by atomic mass is 9.89. The van der Waals surface area contributed by atoms with E-state index < -0.39 is 38.3 Å². The molecule has 7 nitrogen and oxygen atoms in total. The van der Waals surface area contributed by atoms with Crippen LogP contribution in [-0.2, 0) is 38.5 Å². The number of aromatic nitrogens is 1. The fourth-order valence-corrected chi connectivity index (χ4v) is 8.33. The highest BCUT2D eigenvalue weighted by molar-refractivity contribution is 7.89. The van der Waals surface area contributed by atoms with Gasteiger partial charge in [0.15, 0.2) is 0 Å². The van der Waals surface area contributed by atoms with Gasteiger partial charge in [-0.2, -0.15) is 17.5 Å². The first-order chi connectivity index (χ1) is 18.7. The molecule has 1 aliphatic carbocycles. The summed E-state index contributed by atoms with van der Waals surface area (Å²) in [6.45, 7) is 8.73. The SMILES string of the molecule is CCC(C)(C)NS(=O)c1ccc(-c2cc(S(=O)(=O)N3CCOCC3)c(C)n2CC2CCCCC2)cc1C(F)(F)F. The second kappa shape index (κ2) is 12.2. The normalized spacial score (nSPS) is 19.2. The summed E-state index contributed by atoms with van der Waals surface area (Å²) >= 11 is 0. The zero-order chi connectivity index (χ0) is 29.3. The third-order valence-corrected chi connectivity index (χ3v) is 11.6. The lowest BCUT2D eigenvalue weighted by Crippen LogP contribution is -2.40. The summed E-state index contributed by atoms with van der Waals surface area (Å²) in [6.07, 6.45) is 1.13. The molecule has 1 saturated carbocycles. The minimum Gasteiger partial charge on any atom is -0.379 e. The van der Waals surface area contributed by atoms with Crippen LogP contribution in [0.4, 0.5) is 13.2 Å². The van der Waals surface area contributed by atoms with E-state index in [1.807, 2.05) is 11.5 Å². The lowest BCUT2D eigenvalue weighted by Gasteiger charge is -2.26. The molecule has 1 atom stereocenters. The molecule has 1 aromatic carbocycles. The van der Waals surface area contributed by atoms with Gasteiger partial charge < -0.3 is 9.30 Å². The second-order valence-electron chi connectivity index (χ2n) is 11.4. The number of halogens is 3. The van der Waals surface area contributed by atoms with Crippen molar-refractivity contribution in [3.63, 3.8) is 0 Å². The number of hydrogen-bond acceptors (Lipinski definition) is 4. The number of hydrogen-bond donors (Lipinski definition) is 1. The number of sulfonamides is 1. The summed E-state index contributed by atoms with van der Waals surface area (Å²) in [7, 11) is -5.97. The number of ether oxygens (including phenoxy) is 1. The minimum absolute atomic E-state index is 0.104. The van der Waals surface area contributed by atoms with Crippen LogP contribution < -0.4 is 4.72 Å². The summed E-state index contributed by atoms with van der Waals surface area (Å²) in [5.41, 5.74) is -0.450. The van der Waals surface area contributed by atoms with Crippen LogP contribution in [-0.4, -0.2) is 53.3 Å². The largest absolute Gasteiger partial charge is 0.417 e. The van der Waals surface area contributed by atoms with Gasteiger partial charge in [0.1, 0.15) is 15.9 Å². The molecule has 4 rings (SSSR count). The van der Waals surface area contributed by atoms with E-state index in [1.165, 1.54) is 22.5 Å². The van der Waals surface area contributed by atoms with Gasteiger partial charge in [0.25, 0.3) is 0 Å². The van der Waals surface area contributed by atoms with Crippen molar-refractivity contribution in [2.45, 2.75) is 94.3 Å². The summed E-state index contributed by atoms with van der Waals surface area (Å²) < 4.78 is 94.7. The van der Waals surface area contributed by atoms with Crippen LogP contribution in [0.3, 0.4) is 0 Å². The molecule has 1 N–H and O–H groups in total. The third kappa shape index (κ3) is 6.83. The molecular weight excluding hydrogens is 563 g/mol. The van der Waals surface area contributed by atoms with Gasteiger partial charge in [-0.25, -0.2) is 17.3 Å². The predicted octanol–water partition coefficient (Wildman–Crippen LogP) is 5.88. The first-order valence-corrected chi connectivity index (χ1v) is 16.5. The maximum Gasteiger partial charge on any atom is 0.417 e. The topological polar surface area (TPSA) is 80.6 Å². The molecule has 40 heavy (non-hydrogen) atoms. The average molecular weight is 604 g/mol. The summed E-state index contributed by atoms with van der Waals surface area (Å²) in [4.78, 5) is -0.242. The first-order valence-electron chi connectivity index (χ1n) is 13.9. The number of rotatable bonds is 9. The van der Waals surface area contributed by atoms with E-state index in [0.29, 0.717) is 43.5 Å². The van der Waals surface area contributed by atoms with E-state index in [1.54, 1.807) is 20.8 Å². The molecule has 0 radical (unpaired) electrons. The van der Waals surface area contributed by atoms with E-state index in [4.69, 9.17) is 4.74 Å². The Morgan fingerprint density at radius 2 is 1.73 bits per heavy atom. The smallest absolute Gasteiger partial charge is 0.379 e. The standard InChI is InChI=1S/C28H40F3N3O4S2/c1-5-27(3,4)32-39(35)25-12-11-22(17-23(25)28(29,30)31)24-18-26(40(36,37)33-13-15-38-16-14-33)20(2)34(24)19-21-9-7-6-8-10-21/h11-12,17-18,21,32H,5-10,13-16,19H2,1-4H3. The lowest BCUT2D eigenvalue weighted by molar-refractivity contribution is -0.139. The summed E-state index contributed by atoms with van der Waals surface area (Å²) in [5, 5.41) is 0. The Labute approximate surface area is 238 Å². The molecule has 12 heteroatoms. The van der Waals surface area contributed by atoms with Gasteiger partial charge in [-0.15, -0.1) is 0 Å². The Morgan fingerprint density at radius 1 is 1.07 bits per heavy atom. The number of alkyl halides is 3. The van der Waals surface area contributed by atoms with Gasteiger partial charge in [-0.1, -0.05) is 32.3 Å². The van der Waals surface area contributed by atoms with Crippen molar-refractivity contribution in [3.8, 4) is 11.3 Å². The Balaban J connectivity index is 1.83. The summed E-state index contributed by atoms with van der Waals surface area (Å²) in [6, 6.07) is 5.27. The van der Waals surface area contributed by atoms with Crippen LogP contribution in [0, 0.1) is 12.8 Å². The van der Waals surface area contributed by atoms with Gasteiger partial charge in [0.05, 0.1) is 23.7 Å². The van der Waals surface area contributed by atoms with E-state index in [0.717, 1.165) is 38.2 Å². The molecule has 2 fully saturated rings. The van der Waals surface area contributed by atoms with Crippen molar-refractivity contribution < 1.29 is 30.5 Å². The van der Waals surface area contributed by atoms with E-state index in [9.17, 15) is 25.8 Å². The van der Waals surface area contributed by atoms with Gasteiger partial charge >= 0.3 is 6.18 Å². The van der Waals surface area contributed by atoms with Gasteiger partial charge in [-0.05, 0) is 69.7 Å². The van der Waals surface area contributed by atoms with Crippen LogP contribution in [0.1, 0.15) is 70.6 Å². The Bertz CT molecular complexity index is 1330. The molecule has 1 saturated heterocycles. The van der Waals surface area contributed by atoms with Crippen LogP contribution in [0.15, 0.2) is 34.1 Å². The fraction of sp³-hybridized carbons (Fsp3) is 0.643. The van der Waals surface area contributed by atoms with Gasteiger partial charge in [-0.3, -0.25) is 0 Å². The molecular formula is C28H40F3N3O4S2. The van der Waals surface area contributed by atoms with Crippen molar-refractivity contribution in [2.24, 2.45) is 5.92 Å². The van der Waals surface area contributed by atoms with Crippen LogP contribution in [0.2, 0.25) is 0 Å². The molecule has 0 bridgehead atoms. The second-order valence-corrected chi connectivity index (χ2v) is 14.5. The molecule has 1 aromatic heterocycles. The van der Waals surface area contributed by atoms with Crippen LogP contribution in [0.25, 0.3) is 11.3 Å². The maximum atomic E-state index is 14.3. The molecule has 1 aliphatic heterocycles. The van der Waals surface area contributed by atoms with E-state index >= 15 is 0 Å². The molecule has 224 valence electrons. The molecule has 0 spiro atoms. The van der Waals surface area contributed by atoms with Crippen LogP contribution >= 0.6 is 0 Å². The van der Waals surface area contributed by atoms with Crippen molar-refractivity contribution in [3.05, 3.63) is 35.5 Å². The van der Waals surface area contributed by atoms with Crippen molar-refractivity contribution in [2.75, 3.05) is 26.3 Å². The molecule has 2 heterocycles. The zero-order valence-corrected chi connectivity index (χ0v) is 25.3. The zero-order valence-electron chi connectivity index (χ0n) is 23.6. The van der Waals surface area contributed by atoms with Crippen LogP contribution in [0.5, 0.6) is 0 Å². The van der Waals surface area contributed by atoms with E-state index in [-0.39, 0.29) is 28.4 Å². The molecule has 0 amide bonds. The predicted molar refractivity (Wildman–Crippen MR) is 150 cm³/mol. The Morgan fingerprint density at radius 3 is 2.33 bits per heavy atom. The van der Waals surface area contributed by atoms with E-state index in [2.05, 4.69) is 4.72 Å². The molecule has 2 aromatic rings. The number of nitrogens with one attached hydrogen (secondary N) is 1. The fourth-order valence-electron chi connectivity index (χ4n) is 5.36. The van der Waals surface area contributed by atoms with Crippen molar-refractivity contribution >= 4 is 21.0 Å². The number of nitrogens with zero attached hydrogens (tertiary/aromatic N) is 2. The Hall–Kier alpha value is -1.73. The number of morpholine rings is 1. The highest BCUT2D eigenvalue weighted by Gasteiger charge is 2.37. The summed E-state index contributed by atoms with van der Waals surface area (Å²) in [5.74, 6) is 0.312. The highest BCUT2D eigenvalue weighted by Crippen LogP contribution is 2.39. The monoisotopic (exact) mass is 603 g/mol. The Kier molecular flexibility index (Phi) is 9.56. The van der Waals surface area contributed by atoms with Gasteiger partial charge in [0, 0.05) is 36.6 Å². The third-order valence-electron chi connectivity index (χ3n) is 8.11. The average Bonchev–Trinajstić information content (AvgIpc) is 3.25. The van der Waals surface area contributed by atoms with Crippen molar-refractivity contribution in [1.82, 2.24) is 13.6 Å². The maximum absolute atomic E-state index is 14.3. The molecule has 2 aliphatic rings.